The van der Waals surface area contributed by atoms with Gasteiger partial charge in [0.2, 0.25) is 17.7 Å². The highest BCUT2D eigenvalue weighted by molar-refractivity contribution is 7.13. The third-order valence-electron chi connectivity index (χ3n) is 6.93. The van der Waals surface area contributed by atoms with E-state index in [1.807, 2.05) is 50.5 Å². The van der Waals surface area contributed by atoms with Crippen LogP contribution >= 0.6 is 11.3 Å². The highest BCUT2D eigenvalue weighted by atomic mass is 32.1. The van der Waals surface area contributed by atoms with Crippen molar-refractivity contribution in [2.45, 2.75) is 71.7 Å². The van der Waals surface area contributed by atoms with E-state index in [0.717, 1.165) is 21.7 Å². The number of ketones is 1. The molecule has 1 aliphatic rings. The number of rotatable bonds is 13. The van der Waals surface area contributed by atoms with Crippen molar-refractivity contribution in [3.8, 4) is 10.4 Å². The molecule has 2 aromatic rings. The summed E-state index contributed by atoms with van der Waals surface area (Å²) in [5.74, 6) is -1.94. The number of aliphatic hydroxyl groups is 1. The summed E-state index contributed by atoms with van der Waals surface area (Å²) in [7, 11) is 1.40. The number of nitrogens with one attached hydrogen (secondary N) is 2. The number of amides is 3. The Hall–Kier alpha value is -3.15. The molecule has 0 radical (unpaired) electrons. The van der Waals surface area contributed by atoms with Crippen LogP contribution in [0.25, 0.3) is 10.4 Å². The number of aliphatic hydroxyl groups excluding tert-OH is 1. The van der Waals surface area contributed by atoms with E-state index >= 15 is 0 Å². The molecule has 1 saturated heterocycles. The zero-order valence-corrected chi connectivity index (χ0v) is 24.6. The van der Waals surface area contributed by atoms with E-state index in [9.17, 15) is 24.3 Å². The molecule has 3 amide bonds. The number of aromatic nitrogens is 1. The second-order valence-corrected chi connectivity index (χ2v) is 11.7. The minimum atomic E-state index is -0.827. The lowest BCUT2D eigenvalue weighted by Gasteiger charge is -2.27. The van der Waals surface area contributed by atoms with Crippen LogP contribution in [0.15, 0.2) is 29.8 Å². The Morgan fingerprint density at radius 1 is 1.18 bits per heavy atom. The van der Waals surface area contributed by atoms with E-state index in [-0.39, 0.29) is 56.1 Å². The Kier molecular flexibility index (Phi) is 11.4. The van der Waals surface area contributed by atoms with E-state index in [1.54, 1.807) is 18.3 Å². The number of nitrogens with zero attached hydrogens (tertiary/aromatic N) is 2. The summed E-state index contributed by atoms with van der Waals surface area (Å²) >= 11 is 1.57. The van der Waals surface area contributed by atoms with Crippen LogP contribution in [0.1, 0.15) is 51.3 Å². The average molecular weight is 573 g/mol. The van der Waals surface area contributed by atoms with E-state index in [2.05, 4.69) is 15.6 Å². The van der Waals surface area contributed by atoms with Crippen molar-refractivity contribution >= 4 is 34.8 Å². The van der Waals surface area contributed by atoms with Gasteiger partial charge in [-0.15, -0.1) is 11.3 Å². The van der Waals surface area contributed by atoms with Gasteiger partial charge in [-0.25, -0.2) is 4.98 Å². The molecule has 3 rings (SSSR count). The summed E-state index contributed by atoms with van der Waals surface area (Å²) in [5, 5.41) is 15.9. The smallest absolute Gasteiger partial charge is 0.246 e. The maximum absolute atomic E-state index is 13.3. The number of hydrogen-bond acceptors (Lipinski definition) is 8. The molecule has 40 heavy (non-hydrogen) atoms. The minimum Gasteiger partial charge on any atom is -0.391 e. The third kappa shape index (κ3) is 8.42. The van der Waals surface area contributed by atoms with Gasteiger partial charge in [0.15, 0.2) is 5.78 Å². The molecule has 2 heterocycles. The van der Waals surface area contributed by atoms with Crippen LogP contribution in [0.4, 0.5) is 0 Å². The Balaban J connectivity index is 1.59. The standard InChI is InChI=1S/C29H40N4O6S/c1-17(2)10-23(32-26(36)15-39-5)25(35)11-18(3)29(38)33-14-22(34)12-24(33)28(37)30-13-20-6-8-21(9-7-20)27-19(4)31-16-40-27/h6-9,16-18,22-24,34H,10-15H2,1-5H3,(H,30,37)(H,32,36)/t18-,22-,23+,24+/m1/s1. The molecule has 0 aliphatic carbocycles. The van der Waals surface area contributed by atoms with Gasteiger partial charge >= 0.3 is 0 Å². The summed E-state index contributed by atoms with van der Waals surface area (Å²) in [6, 6.07) is 6.29. The van der Waals surface area contributed by atoms with Crippen LogP contribution in [-0.2, 0) is 30.5 Å². The maximum Gasteiger partial charge on any atom is 0.246 e. The quantitative estimate of drug-likeness (QED) is 0.335. The molecule has 1 aromatic heterocycles. The lowest BCUT2D eigenvalue weighted by molar-refractivity contribution is -0.143. The number of aryl methyl sites for hydroxylation is 1. The molecule has 218 valence electrons. The first kappa shape index (κ1) is 31.4. The number of benzene rings is 1. The lowest BCUT2D eigenvalue weighted by atomic mass is 9.93. The number of ether oxygens (including phenoxy) is 1. The van der Waals surface area contributed by atoms with Gasteiger partial charge in [-0.1, -0.05) is 45.0 Å². The van der Waals surface area contributed by atoms with Crippen LogP contribution in [0.3, 0.4) is 0 Å². The zero-order valence-electron chi connectivity index (χ0n) is 23.8. The number of likely N-dealkylation sites (tertiary alicyclic amines) is 1. The SMILES string of the molecule is COCC(=O)N[C@@H](CC(C)C)C(=O)C[C@@H](C)C(=O)N1C[C@H](O)C[C@H]1C(=O)NCc1ccc(-c2scnc2C)cc1. The summed E-state index contributed by atoms with van der Waals surface area (Å²) in [5.41, 5.74) is 4.74. The fourth-order valence-corrected chi connectivity index (χ4v) is 5.70. The Labute approximate surface area is 239 Å². The molecular formula is C29H40N4O6S. The number of carbonyl (C=O) groups is 4. The first-order valence-electron chi connectivity index (χ1n) is 13.6. The van der Waals surface area contributed by atoms with Crippen LogP contribution in [0.5, 0.6) is 0 Å². The molecule has 4 atom stereocenters. The summed E-state index contributed by atoms with van der Waals surface area (Å²) < 4.78 is 4.85. The van der Waals surface area contributed by atoms with Gasteiger partial charge in [0.25, 0.3) is 0 Å². The highest BCUT2D eigenvalue weighted by Crippen LogP contribution is 2.27. The van der Waals surface area contributed by atoms with Crippen molar-refractivity contribution in [2.24, 2.45) is 11.8 Å². The number of thiazole rings is 1. The molecule has 11 heteroatoms. The van der Waals surface area contributed by atoms with Crippen molar-refractivity contribution < 1.29 is 29.0 Å². The molecule has 1 fully saturated rings. The van der Waals surface area contributed by atoms with E-state index < -0.39 is 30.0 Å². The second kappa shape index (κ2) is 14.5. The van der Waals surface area contributed by atoms with Crippen molar-refractivity contribution in [2.75, 3.05) is 20.3 Å². The maximum atomic E-state index is 13.3. The molecular weight excluding hydrogens is 532 g/mol. The van der Waals surface area contributed by atoms with Gasteiger partial charge < -0.3 is 25.4 Å². The third-order valence-corrected chi connectivity index (χ3v) is 7.91. The lowest BCUT2D eigenvalue weighted by Crippen LogP contribution is -2.48. The van der Waals surface area contributed by atoms with Gasteiger partial charge in [0, 0.05) is 39.0 Å². The summed E-state index contributed by atoms with van der Waals surface area (Å²) in [6.07, 6.45) is -0.347. The van der Waals surface area contributed by atoms with Crippen molar-refractivity contribution in [3.05, 3.63) is 41.0 Å². The topological polar surface area (TPSA) is 138 Å². The van der Waals surface area contributed by atoms with E-state index in [1.165, 1.54) is 12.0 Å². The molecule has 1 aliphatic heterocycles. The Morgan fingerprint density at radius 2 is 1.88 bits per heavy atom. The molecule has 0 bridgehead atoms. The fraction of sp³-hybridized carbons (Fsp3) is 0.552. The zero-order chi connectivity index (χ0) is 29.4. The Bertz CT molecular complexity index is 1180. The van der Waals surface area contributed by atoms with Gasteiger partial charge in [-0.05, 0) is 30.4 Å². The molecule has 3 N–H and O–H groups in total. The normalized spacial score (nSPS) is 18.4. The number of Topliss-reactive ketones (excluding diaryl/α,β-unsaturated/α-hetero) is 1. The monoisotopic (exact) mass is 572 g/mol. The van der Waals surface area contributed by atoms with Crippen LogP contribution < -0.4 is 10.6 Å². The predicted octanol–water partition coefficient (Wildman–Crippen LogP) is 2.47. The first-order chi connectivity index (χ1) is 19.0. The molecule has 0 saturated carbocycles. The first-order valence-corrected chi connectivity index (χ1v) is 14.4. The summed E-state index contributed by atoms with van der Waals surface area (Å²) in [6.45, 7) is 7.64. The average Bonchev–Trinajstić information content (AvgIpc) is 3.51. The van der Waals surface area contributed by atoms with Gasteiger partial charge in [0.1, 0.15) is 12.6 Å². The van der Waals surface area contributed by atoms with Crippen LogP contribution in [0, 0.1) is 18.8 Å². The van der Waals surface area contributed by atoms with Crippen molar-refractivity contribution in [3.63, 3.8) is 0 Å². The highest BCUT2D eigenvalue weighted by Gasteiger charge is 2.40. The number of β-amino-alcohol motifs (C(OH)–C–C–N with tert-alkyl or cyclic N) is 1. The predicted molar refractivity (Wildman–Crippen MR) is 152 cm³/mol. The van der Waals surface area contributed by atoms with Gasteiger partial charge in [-0.2, -0.15) is 0 Å². The Morgan fingerprint density at radius 3 is 2.48 bits per heavy atom. The van der Waals surface area contributed by atoms with Crippen LogP contribution in [0.2, 0.25) is 0 Å². The second-order valence-electron chi connectivity index (χ2n) is 10.8. The number of methoxy groups -OCH3 is 1. The van der Waals surface area contributed by atoms with Crippen LogP contribution in [-0.4, -0.2) is 76.9 Å². The van der Waals surface area contributed by atoms with Crippen molar-refractivity contribution in [1.82, 2.24) is 20.5 Å². The van der Waals surface area contributed by atoms with Gasteiger partial charge in [0.05, 0.1) is 28.2 Å². The molecule has 0 unspecified atom stereocenters. The molecule has 10 nitrogen and oxygen atoms in total. The van der Waals surface area contributed by atoms with E-state index in [4.69, 9.17) is 4.74 Å². The molecule has 0 spiro atoms. The fourth-order valence-electron chi connectivity index (χ4n) is 4.89. The van der Waals surface area contributed by atoms with E-state index in [0.29, 0.717) is 6.42 Å². The van der Waals surface area contributed by atoms with Crippen molar-refractivity contribution in [1.29, 1.82) is 0 Å². The van der Waals surface area contributed by atoms with Gasteiger partial charge in [-0.3, -0.25) is 19.2 Å². The minimum absolute atomic E-state index is 0.0261. The number of carbonyl (C=O) groups excluding carboxylic acids is 4. The largest absolute Gasteiger partial charge is 0.391 e. The molecule has 1 aromatic carbocycles. The summed E-state index contributed by atoms with van der Waals surface area (Å²) in [4.78, 5) is 58.3. The number of hydrogen-bond donors (Lipinski definition) is 3.